The molecule has 1 fully saturated rings. The minimum Gasteiger partial charge on any atom is -0.487 e. The summed E-state index contributed by atoms with van der Waals surface area (Å²) in [5.41, 5.74) is 12.0. The number of ether oxygens (including phenoxy) is 4. The van der Waals surface area contributed by atoms with Crippen LogP contribution in [0.15, 0.2) is 66.9 Å². The van der Waals surface area contributed by atoms with E-state index in [1.54, 1.807) is 27.3 Å². The highest BCUT2D eigenvalue weighted by Gasteiger charge is 2.27. The first kappa shape index (κ1) is 31.5. The Morgan fingerprint density at radius 1 is 1.00 bits per heavy atom. The number of nitrogens with two attached hydrogens (primary N) is 1. The minimum atomic E-state index is -0.295. The fourth-order valence-electron chi connectivity index (χ4n) is 6.32. The van der Waals surface area contributed by atoms with Crippen molar-refractivity contribution in [3.63, 3.8) is 0 Å². The highest BCUT2D eigenvalue weighted by atomic mass is 16.5. The molecular weight excluding hydrogens is 582 g/mol. The second-order valence-corrected chi connectivity index (χ2v) is 11.6. The van der Waals surface area contributed by atoms with E-state index in [4.69, 9.17) is 29.8 Å². The number of nitrogens with zero attached hydrogens (tertiary/aromatic N) is 4. The normalized spacial score (nSPS) is 15.2. The zero-order valence-electron chi connectivity index (χ0n) is 26.7. The molecule has 3 heterocycles. The van der Waals surface area contributed by atoms with Gasteiger partial charge in [-0.3, -0.25) is 14.4 Å². The highest BCUT2D eigenvalue weighted by Crippen LogP contribution is 2.35. The molecule has 5 aromatic rings. The Morgan fingerprint density at radius 2 is 1.89 bits per heavy atom. The number of likely N-dealkylation sites (tertiary alicyclic amines) is 1. The smallest absolute Gasteiger partial charge is 0.310 e. The van der Waals surface area contributed by atoms with Gasteiger partial charge in [0.05, 0.1) is 37.8 Å². The van der Waals surface area contributed by atoms with Gasteiger partial charge < -0.3 is 24.7 Å². The summed E-state index contributed by atoms with van der Waals surface area (Å²) in [6.07, 6.45) is 2.87. The zero-order valence-corrected chi connectivity index (χ0v) is 26.7. The summed E-state index contributed by atoms with van der Waals surface area (Å²) in [6.45, 7) is 6.29. The van der Waals surface area contributed by atoms with Gasteiger partial charge in [-0.2, -0.15) is 5.10 Å². The Hall–Kier alpha value is -4.51. The van der Waals surface area contributed by atoms with Crippen molar-refractivity contribution in [3.05, 3.63) is 83.7 Å². The Labute approximate surface area is 269 Å². The van der Waals surface area contributed by atoms with Gasteiger partial charge in [-0.05, 0) is 59.7 Å². The van der Waals surface area contributed by atoms with Crippen molar-refractivity contribution in [1.29, 1.82) is 0 Å². The highest BCUT2D eigenvalue weighted by molar-refractivity contribution is 6.02. The first-order valence-electron chi connectivity index (χ1n) is 15.7. The van der Waals surface area contributed by atoms with Gasteiger partial charge in [0.2, 0.25) is 0 Å². The quantitative estimate of drug-likeness (QED) is 0.169. The van der Waals surface area contributed by atoms with E-state index in [2.05, 4.69) is 38.8 Å². The summed E-state index contributed by atoms with van der Waals surface area (Å²) in [7, 11) is 3.39. The van der Waals surface area contributed by atoms with Crippen LogP contribution in [0.1, 0.15) is 36.2 Å². The topological polar surface area (TPSA) is 114 Å². The summed E-state index contributed by atoms with van der Waals surface area (Å²) in [6, 6.07) is 20.6. The molecule has 1 saturated heterocycles. The number of nitrogen functional groups attached to an aromatic ring is 1. The Balaban J connectivity index is 1.39. The van der Waals surface area contributed by atoms with Gasteiger partial charge in [0, 0.05) is 56.4 Å². The second-order valence-electron chi connectivity index (χ2n) is 11.6. The Kier molecular flexibility index (Phi) is 9.77. The molecule has 1 aliphatic heterocycles. The van der Waals surface area contributed by atoms with Crippen LogP contribution in [0.3, 0.4) is 0 Å². The number of hydrogen-bond acceptors (Lipinski definition) is 9. The summed E-state index contributed by atoms with van der Waals surface area (Å²) in [5.74, 6) is 0.831. The molecular formula is C36H41N5O5. The number of methoxy groups -OCH3 is 2. The molecule has 0 aliphatic carbocycles. The average molecular weight is 624 g/mol. The van der Waals surface area contributed by atoms with Crippen LogP contribution >= 0.6 is 0 Å². The van der Waals surface area contributed by atoms with Gasteiger partial charge in [-0.1, -0.05) is 36.4 Å². The van der Waals surface area contributed by atoms with Crippen molar-refractivity contribution in [2.75, 3.05) is 52.8 Å². The first-order valence-corrected chi connectivity index (χ1v) is 15.7. The maximum Gasteiger partial charge on any atom is 0.310 e. The summed E-state index contributed by atoms with van der Waals surface area (Å²) >= 11 is 0. The number of aromatic nitrogens is 3. The van der Waals surface area contributed by atoms with Crippen LogP contribution in [-0.4, -0.2) is 72.7 Å². The molecule has 1 aliphatic rings. The minimum absolute atomic E-state index is 0.119. The van der Waals surface area contributed by atoms with Crippen LogP contribution in [0.4, 0.5) is 5.82 Å². The van der Waals surface area contributed by atoms with Gasteiger partial charge in [0.15, 0.2) is 0 Å². The number of benzene rings is 3. The first-order chi connectivity index (χ1) is 22.5. The van der Waals surface area contributed by atoms with Crippen molar-refractivity contribution in [1.82, 2.24) is 19.7 Å². The fourth-order valence-corrected chi connectivity index (χ4v) is 6.32. The van der Waals surface area contributed by atoms with Crippen LogP contribution in [0.5, 0.6) is 5.75 Å². The summed E-state index contributed by atoms with van der Waals surface area (Å²) in [4.78, 5) is 19.1. The monoisotopic (exact) mass is 623 g/mol. The predicted molar refractivity (Wildman–Crippen MR) is 179 cm³/mol. The van der Waals surface area contributed by atoms with E-state index in [0.717, 1.165) is 75.7 Å². The number of anilines is 1. The number of fused-ring (bicyclic) bond motifs is 2. The number of esters is 1. The molecule has 10 heteroatoms. The maximum absolute atomic E-state index is 12.4. The molecule has 2 aromatic heterocycles. The Morgan fingerprint density at radius 3 is 2.72 bits per heavy atom. The number of hydrogen-bond donors (Lipinski definition) is 1. The largest absolute Gasteiger partial charge is 0.487 e. The van der Waals surface area contributed by atoms with E-state index >= 15 is 0 Å². The zero-order chi connectivity index (χ0) is 32.0. The lowest BCUT2D eigenvalue weighted by Crippen LogP contribution is -2.25. The molecule has 0 amide bonds. The molecule has 1 atom stereocenters. The number of carbonyl (C=O) groups excluding carboxylic acids is 1. The van der Waals surface area contributed by atoms with E-state index < -0.39 is 0 Å². The van der Waals surface area contributed by atoms with Gasteiger partial charge in [-0.25, -0.2) is 4.98 Å². The molecule has 0 saturated carbocycles. The van der Waals surface area contributed by atoms with Gasteiger partial charge in [0.1, 0.15) is 23.9 Å². The van der Waals surface area contributed by atoms with E-state index in [-0.39, 0.29) is 25.0 Å². The van der Waals surface area contributed by atoms with Gasteiger partial charge >= 0.3 is 5.97 Å². The van der Waals surface area contributed by atoms with E-state index in [1.165, 1.54) is 0 Å². The number of pyridine rings is 1. The molecule has 1 unspecified atom stereocenters. The van der Waals surface area contributed by atoms with E-state index in [9.17, 15) is 4.79 Å². The third-order valence-corrected chi connectivity index (χ3v) is 8.58. The predicted octanol–water partition coefficient (Wildman–Crippen LogP) is 5.56. The van der Waals surface area contributed by atoms with Gasteiger partial charge in [-0.15, -0.1) is 0 Å². The fraction of sp³-hybridized carbons (Fsp3) is 0.361. The molecule has 0 radical (unpaired) electrons. The lowest BCUT2D eigenvalue weighted by atomic mass is 9.97. The lowest BCUT2D eigenvalue weighted by molar-refractivity contribution is -0.142. The molecule has 2 N–H and O–H groups in total. The average Bonchev–Trinajstić information content (AvgIpc) is 3.68. The van der Waals surface area contributed by atoms with Crippen molar-refractivity contribution in [2.45, 2.75) is 39.0 Å². The van der Waals surface area contributed by atoms with Crippen LogP contribution in [-0.2, 0) is 38.6 Å². The summed E-state index contributed by atoms with van der Waals surface area (Å²) in [5, 5.41) is 8.17. The third-order valence-electron chi connectivity index (χ3n) is 8.58. The Bertz CT molecular complexity index is 1840. The lowest BCUT2D eigenvalue weighted by Gasteiger charge is -2.16. The van der Waals surface area contributed by atoms with Crippen LogP contribution < -0.4 is 10.5 Å². The van der Waals surface area contributed by atoms with Crippen molar-refractivity contribution >= 4 is 33.5 Å². The van der Waals surface area contributed by atoms with Gasteiger partial charge in [0.25, 0.3) is 0 Å². The molecule has 6 rings (SSSR count). The molecule has 46 heavy (non-hydrogen) atoms. The molecule has 0 spiro atoms. The third kappa shape index (κ3) is 6.69. The van der Waals surface area contributed by atoms with Crippen LogP contribution in [0.25, 0.3) is 32.8 Å². The number of carbonyl (C=O) groups is 1. The maximum atomic E-state index is 12.4. The molecule has 10 nitrogen and oxygen atoms in total. The number of rotatable bonds is 13. The standard InChI is InChI=1S/C36H41N5O5/c1-4-45-35(42)20-26-9-8-24(22-44-3)18-34(26)46-23-32-31-19-25(28-6-5-7-30-29(28)12-14-38-36(30)37)10-11-33(31)41(39-32)27-13-15-40(21-27)16-17-43-2/h5-12,14,18-19,27H,4,13,15-17,20-23H2,1-3H3,(H2,37,38). The van der Waals surface area contributed by atoms with Crippen LogP contribution in [0, 0.1) is 0 Å². The molecule has 3 aromatic carbocycles. The molecule has 0 bridgehead atoms. The second kappa shape index (κ2) is 14.3. The van der Waals surface area contributed by atoms with E-state index in [1.807, 2.05) is 36.4 Å². The SMILES string of the molecule is CCOC(=O)Cc1ccc(COC)cc1OCc1nn(C2CCN(CCOC)C2)c2ccc(-c3cccc4c(N)nccc34)cc12. The van der Waals surface area contributed by atoms with Crippen molar-refractivity contribution in [2.24, 2.45) is 0 Å². The van der Waals surface area contributed by atoms with E-state index in [0.29, 0.717) is 31.4 Å². The molecule has 240 valence electrons. The van der Waals surface area contributed by atoms with Crippen molar-refractivity contribution in [3.8, 4) is 16.9 Å². The van der Waals surface area contributed by atoms with Crippen molar-refractivity contribution < 1.29 is 23.7 Å². The van der Waals surface area contributed by atoms with Crippen LogP contribution in [0.2, 0.25) is 0 Å². The summed E-state index contributed by atoms with van der Waals surface area (Å²) < 4.78 is 24.6.